The first-order chi connectivity index (χ1) is 15.3. The van der Waals surface area contributed by atoms with Crippen LogP contribution in [0, 0.1) is 5.92 Å². The number of hydrogen-bond donors (Lipinski definition) is 1. The highest BCUT2D eigenvalue weighted by atomic mass is 16.1. The molecule has 2 aromatic carbocycles. The molecular weight excluding hydrogens is 386 g/mol. The van der Waals surface area contributed by atoms with Gasteiger partial charge in [-0.3, -0.25) is 14.7 Å². The van der Waals surface area contributed by atoms with Gasteiger partial charge < -0.3 is 5.32 Å². The highest BCUT2D eigenvalue weighted by molar-refractivity contribution is 5.92. The van der Waals surface area contributed by atoms with Crippen LogP contribution >= 0.6 is 0 Å². The summed E-state index contributed by atoms with van der Waals surface area (Å²) in [5, 5.41) is 9.74. The van der Waals surface area contributed by atoms with E-state index in [1.807, 2.05) is 48.9 Å². The third-order valence-electron chi connectivity index (χ3n) is 6.03. The number of hydrogen-bond acceptors (Lipinski definition) is 4. The van der Waals surface area contributed by atoms with Gasteiger partial charge in [0.1, 0.15) is 0 Å². The minimum absolute atomic E-state index is 0.0544. The van der Waals surface area contributed by atoms with Crippen LogP contribution in [0.3, 0.4) is 0 Å². The van der Waals surface area contributed by atoms with Crippen LogP contribution in [0.1, 0.15) is 18.4 Å². The fourth-order valence-electron chi connectivity index (χ4n) is 4.29. The number of amides is 1. The number of aromatic nitrogens is 3. The van der Waals surface area contributed by atoms with E-state index >= 15 is 0 Å². The average Bonchev–Trinajstić information content (AvgIpc) is 3.35. The molecule has 4 aromatic rings. The second-order valence-electron chi connectivity index (χ2n) is 8.05. The van der Waals surface area contributed by atoms with Crippen molar-refractivity contribution in [3.05, 3.63) is 84.9 Å². The number of pyridine rings is 1. The van der Waals surface area contributed by atoms with E-state index in [0.29, 0.717) is 0 Å². The maximum atomic E-state index is 12.8. The maximum absolute atomic E-state index is 12.8. The monoisotopic (exact) mass is 411 g/mol. The Morgan fingerprint density at radius 1 is 1.00 bits per heavy atom. The van der Waals surface area contributed by atoms with E-state index in [4.69, 9.17) is 0 Å². The summed E-state index contributed by atoms with van der Waals surface area (Å²) in [6.45, 7) is 2.76. The zero-order chi connectivity index (χ0) is 21.0. The van der Waals surface area contributed by atoms with Crippen molar-refractivity contribution in [2.24, 2.45) is 5.92 Å². The third-order valence-corrected chi connectivity index (χ3v) is 6.03. The summed E-state index contributed by atoms with van der Waals surface area (Å²) < 4.78 is 1.80. The molecule has 0 bridgehead atoms. The van der Waals surface area contributed by atoms with Gasteiger partial charge in [-0.25, -0.2) is 4.68 Å². The van der Waals surface area contributed by atoms with Crippen molar-refractivity contribution < 1.29 is 4.79 Å². The Morgan fingerprint density at radius 2 is 1.84 bits per heavy atom. The van der Waals surface area contributed by atoms with Gasteiger partial charge in [-0.1, -0.05) is 18.2 Å². The van der Waals surface area contributed by atoms with E-state index in [-0.39, 0.29) is 11.8 Å². The number of fused-ring (bicyclic) bond motifs is 1. The summed E-state index contributed by atoms with van der Waals surface area (Å²) in [5.41, 5.74) is 3.12. The lowest BCUT2D eigenvalue weighted by Crippen LogP contribution is -2.37. The Kier molecular flexibility index (Phi) is 5.46. The highest BCUT2D eigenvalue weighted by Crippen LogP contribution is 2.24. The predicted molar refractivity (Wildman–Crippen MR) is 122 cm³/mol. The van der Waals surface area contributed by atoms with E-state index in [9.17, 15) is 4.79 Å². The molecule has 156 valence electrons. The van der Waals surface area contributed by atoms with Crippen molar-refractivity contribution >= 4 is 22.4 Å². The zero-order valence-corrected chi connectivity index (χ0v) is 17.3. The molecule has 1 saturated heterocycles. The smallest absolute Gasteiger partial charge is 0.227 e. The normalized spacial score (nSPS) is 15.2. The first kappa shape index (κ1) is 19.5. The first-order valence-electron chi connectivity index (χ1n) is 10.7. The van der Waals surface area contributed by atoms with Crippen molar-refractivity contribution in [1.82, 2.24) is 19.7 Å². The lowest BCUT2D eigenvalue weighted by Gasteiger charge is -2.31. The summed E-state index contributed by atoms with van der Waals surface area (Å²) in [6.07, 6.45) is 9.17. The molecule has 1 aliphatic heterocycles. The third kappa shape index (κ3) is 4.34. The Balaban J connectivity index is 1.16. The van der Waals surface area contributed by atoms with E-state index < -0.39 is 0 Å². The zero-order valence-electron chi connectivity index (χ0n) is 17.3. The molecule has 0 saturated carbocycles. The van der Waals surface area contributed by atoms with Crippen molar-refractivity contribution in [3.63, 3.8) is 0 Å². The minimum atomic E-state index is 0.0544. The van der Waals surface area contributed by atoms with Crippen molar-refractivity contribution in [2.75, 3.05) is 18.4 Å². The first-order valence-corrected chi connectivity index (χ1v) is 10.7. The molecule has 3 heterocycles. The second-order valence-corrected chi connectivity index (χ2v) is 8.05. The number of likely N-dealkylation sites (tertiary alicyclic amines) is 1. The summed E-state index contributed by atoms with van der Waals surface area (Å²) >= 11 is 0. The number of carbonyl (C=O) groups is 1. The fraction of sp³-hybridized carbons (Fsp3) is 0.240. The molecule has 0 aliphatic carbocycles. The van der Waals surface area contributed by atoms with Crippen LogP contribution in [0.5, 0.6) is 0 Å². The number of nitrogens with zero attached hydrogens (tertiary/aromatic N) is 4. The SMILES string of the molecule is O=C(Nc1ccc(-n2cccn2)cc1)C1CCN(Cc2cccc3cnccc23)CC1. The van der Waals surface area contributed by atoms with Crippen LogP contribution in [0.25, 0.3) is 16.5 Å². The largest absolute Gasteiger partial charge is 0.326 e. The molecule has 5 rings (SSSR count). The van der Waals surface area contributed by atoms with Gasteiger partial charge >= 0.3 is 0 Å². The van der Waals surface area contributed by atoms with Gasteiger partial charge in [0.05, 0.1) is 5.69 Å². The molecule has 1 amide bonds. The Morgan fingerprint density at radius 3 is 2.61 bits per heavy atom. The van der Waals surface area contributed by atoms with Crippen LogP contribution < -0.4 is 5.32 Å². The van der Waals surface area contributed by atoms with Gasteiger partial charge in [-0.05, 0) is 73.3 Å². The van der Waals surface area contributed by atoms with Crippen molar-refractivity contribution in [3.8, 4) is 5.69 Å². The number of rotatable bonds is 5. The molecule has 0 unspecified atom stereocenters. The summed E-state index contributed by atoms with van der Waals surface area (Å²) in [4.78, 5) is 19.4. The van der Waals surface area contributed by atoms with Crippen LogP contribution in [0.15, 0.2) is 79.4 Å². The summed E-state index contributed by atoms with van der Waals surface area (Å²) in [5.74, 6) is 0.168. The van der Waals surface area contributed by atoms with Crippen molar-refractivity contribution in [2.45, 2.75) is 19.4 Å². The van der Waals surface area contributed by atoms with E-state index in [1.54, 1.807) is 10.9 Å². The van der Waals surface area contributed by atoms with Gasteiger partial charge in [0.15, 0.2) is 0 Å². The van der Waals surface area contributed by atoms with Gasteiger partial charge in [0, 0.05) is 48.3 Å². The topological polar surface area (TPSA) is 63.1 Å². The molecule has 31 heavy (non-hydrogen) atoms. The number of anilines is 1. The molecular formula is C25H25N5O. The quantitative estimate of drug-likeness (QED) is 0.533. The molecule has 1 N–H and O–H groups in total. The number of carbonyl (C=O) groups excluding carboxylic acids is 1. The van der Waals surface area contributed by atoms with Crippen molar-refractivity contribution in [1.29, 1.82) is 0 Å². The maximum Gasteiger partial charge on any atom is 0.227 e. The molecule has 6 heteroatoms. The lowest BCUT2D eigenvalue weighted by molar-refractivity contribution is -0.121. The molecule has 0 atom stereocenters. The van der Waals surface area contributed by atoms with Gasteiger partial charge in [-0.2, -0.15) is 5.10 Å². The summed E-state index contributed by atoms with van der Waals surface area (Å²) in [6, 6.07) is 18.1. The van der Waals surface area contributed by atoms with E-state index in [1.165, 1.54) is 16.3 Å². The lowest BCUT2D eigenvalue weighted by atomic mass is 9.95. The molecule has 0 spiro atoms. The van der Waals surface area contributed by atoms with Gasteiger partial charge in [0.25, 0.3) is 0 Å². The average molecular weight is 412 g/mol. The molecule has 1 fully saturated rings. The van der Waals surface area contributed by atoms with Gasteiger partial charge in [0.2, 0.25) is 5.91 Å². The van der Waals surface area contributed by atoms with E-state index in [0.717, 1.165) is 43.9 Å². The Labute approximate surface area is 181 Å². The number of benzene rings is 2. The van der Waals surface area contributed by atoms with Crippen LogP contribution in [0.2, 0.25) is 0 Å². The highest BCUT2D eigenvalue weighted by Gasteiger charge is 2.25. The summed E-state index contributed by atoms with van der Waals surface area (Å²) in [7, 11) is 0. The standard InChI is InChI=1S/C25H25N5O/c31-25(28-22-5-7-23(8-6-22)30-14-2-12-27-30)19-10-15-29(16-11-19)18-21-4-1-3-20-17-26-13-9-24(20)21/h1-9,12-14,17,19H,10-11,15-16,18H2,(H,28,31). The number of nitrogens with one attached hydrogen (secondary N) is 1. The minimum Gasteiger partial charge on any atom is -0.326 e. The second kappa shape index (κ2) is 8.70. The van der Waals surface area contributed by atoms with Crippen LogP contribution in [-0.2, 0) is 11.3 Å². The fourth-order valence-corrected chi connectivity index (χ4v) is 4.29. The van der Waals surface area contributed by atoms with Gasteiger partial charge in [-0.15, -0.1) is 0 Å². The van der Waals surface area contributed by atoms with E-state index in [2.05, 4.69) is 44.6 Å². The molecule has 2 aromatic heterocycles. The Bertz CT molecular complexity index is 1160. The van der Waals surface area contributed by atoms with Crippen LogP contribution in [-0.4, -0.2) is 38.7 Å². The Hall–Kier alpha value is -3.51. The molecule has 0 radical (unpaired) electrons. The predicted octanol–water partition coefficient (Wildman–Crippen LogP) is 4.27. The molecule has 6 nitrogen and oxygen atoms in total. The molecule has 1 aliphatic rings. The number of piperidine rings is 1. The van der Waals surface area contributed by atoms with Crippen LogP contribution in [0.4, 0.5) is 5.69 Å².